The maximum atomic E-state index is 11.9. The van der Waals surface area contributed by atoms with E-state index in [1.54, 1.807) is 15.6 Å². The summed E-state index contributed by atoms with van der Waals surface area (Å²) in [5.41, 5.74) is 2.83. The van der Waals surface area contributed by atoms with E-state index < -0.39 is 10.0 Å². The topological polar surface area (TPSA) is 96.7 Å². The van der Waals surface area contributed by atoms with E-state index >= 15 is 0 Å². The second kappa shape index (κ2) is 9.34. The van der Waals surface area contributed by atoms with Gasteiger partial charge in [0, 0.05) is 50.7 Å². The predicted octanol–water partition coefficient (Wildman–Crippen LogP) is 2.25. The summed E-state index contributed by atoms with van der Waals surface area (Å²) in [6.07, 6.45) is 1.28. The zero-order valence-corrected chi connectivity index (χ0v) is 22.1. The Morgan fingerprint density at radius 1 is 0.972 bits per heavy atom. The minimum Gasteiger partial charge on any atom is -0.378 e. The molecular weight excluding hydrogens is 498 g/mol. The van der Waals surface area contributed by atoms with Gasteiger partial charge in [-0.15, -0.1) is 11.3 Å². The largest absolute Gasteiger partial charge is 0.378 e. The Balaban J connectivity index is 1.37. The number of hydrogen-bond acceptors (Lipinski definition) is 9. The molecule has 0 radical (unpaired) electrons. The third-order valence-corrected chi connectivity index (χ3v) is 9.22. The van der Waals surface area contributed by atoms with Crippen molar-refractivity contribution in [2.45, 2.75) is 13.5 Å². The van der Waals surface area contributed by atoms with E-state index in [9.17, 15) is 8.42 Å². The third-order valence-electron chi connectivity index (χ3n) is 6.81. The molecule has 10 nitrogen and oxygen atoms in total. The highest BCUT2D eigenvalue weighted by Crippen LogP contribution is 2.34. The average Bonchev–Trinajstić information content (AvgIpc) is 3.43. The summed E-state index contributed by atoms with van der Waals surface area (Å²) in [5.74, 6) is 2.41. The van der Waals surface area contributed by atoms with Gasteiger partial charge in [-0.05, 0) is 25.1 Å². The van der Waals surface area contributed by atoms with Crippen molar-refractivity contribution in [3.05, 3.63) is 41.0 Å². The molecule has 5 heterocycles. The van der Waals surface area contributed by atoms with Gasteiger partial charge in [0.2, 0.25) is 16.0 Å². The average molecular weight is 528 g/mol. The van der Waals surface area contributed by atoms with Crippen LogP contribution in [0.5, 0.6) is 0 Å². The number of thiophene rings is 1. The van der Waals surface area contributed by atoms with Crippen molar-refractivity contribution >= 4 is 48.4 Å². The summed E-state index contributed by atoms with van der Waals surface area (Å²) in [6, 6.07) is 10.2. The van der Waals surface area contributed by atoms with E-state index in [2.05, 4.69) is 15.9 Å². The first kappa shape index (κ1) is 23.7. The van der Waals surface area contributed by atoms with E-state index in [1.807, 2.05) is 35.8 Å². The van der Waals surface area contributed by atoms with Gasteiger partial charge >= 0.3 is 0 Å². The molecule has 2 aliphatic heterocycles. The molecule has 4 aromatic rings. The van der Waals surface area contributed by atoms with Crippen LogP contribution < -0.4 is 4.90 Å². The summed E-state index contributed by atoms with van der Waals surface area (Å²) in [7, 11) is -3.14. The summed E-state index contributed by atoms with van der Waals surface area (Å²) >= 11 is 1.73. The second-order valence-electron chi connectivity index (χ2n) is 9.30. The lowest BCUT2D eigenvalue weighted by atomic mass is 10.3. The lowest BCUT2D eigenvalue weighted by Gasteiger charge is -2.32. The fourth-order valence-electron chi connectivity index (χ4n) is 4.96. The van der Waals surface area contributed by atoms with Crippen molar-refractivity contribution in [1.82, 2.24) is 28.7 Å². The van der Waals surface area contributed by atoms with Gasteiger partial charge < -0.3 is 9.64 Å². The molecule has 0 saturated carbocycles. The van der Waals surface area contributed by atoms with Crippen molar-refractivity contribution in [2.75, 3.05) is 63.6 Å². The molecule has 2 aliphatic rings. The van der Waals surface area contributed by atoms with Gasteiger partial charge in [-0.3, -0.25) is 9.47 Å². The Hall–Kier alpha value is -2.64. The van der Waals surface area contributed by atoms with E-state index in [4.69, 9.17) is 19.7 Å². The Morgan fingerprint density at radius 3 is 2.47 bits per heavy atom. The molecule has 0 bridgehead atoms. The highest BCUT2D eigenvalue weighted by Gasteiger charge is 2.25. The van der Waals surface area contributed by atoms with Crippen LogP contribution in [0.25, 0.3) is 27.2 Å². The number of aryl methyl sites for hydroxylation is 1. The van der Waals surface area contributed by atoms with E-state index in [0.29, 0.717) is 32.3 Å². The van der Waals surface area contributed by atoms with Crippen LogP contribution >= 0.6 is 11.3 Å². The molecule has 1 aromatic carbocycles. The van der Waals surface area contributed by atoms with Crippen LogP contribution in [-0.4, -0.2) is 95.9 Å². The van der Waals surface area contributed by atoms with E-state index in [1.165, 1.54) is 11.1 Å². The van der Waals surface area contributed by atoms with Gasteiger partial charge in [-0.1, -0.05) is 12.1 Å². The van der Waals surface area contributed by atoms with Gasteiger partial charge in [0.05, 0.1) is 40.7 Å². The van der Waals surface area contributed by atoms with Crippen LogP contribution in [0.1, 0.15) is 10.7 Å². The van der Waals surface area contributed by atoms with E-state index in [-0.39, 0.29) is 0 Å². The van der Waals surface area contributed by atoms with Crippen LogP contribution in [-0.2, 0) is 21.3 Å². The van der Waals surface area contributed by atoms with Crippen LogP contribution in [0.3, 0.4) is 0 Å². The predicted molar refractivity (Wildman–Crippen MR) is 142 cm³/mol. The maximum absolute atomic E-state index is 11.9. The van der Waals surface area contributed by atoms with Gasteiger partial charge in [0.15, 0.2) is 5.82 Å². The Labute approximate surface area is 214 Å². The smallest absolute Gasteiger partial charge is 0.238 e. The molecule has 6 rings (SSSR count). The quantitative estimate of drug-likeness (QED) is 0.390. The van der Waals surface area contributed by atoms with Crippen LogP contribution in [0, 0.1) is 6.92 Å². The highest BCUT2D eigenvalue weighted by molar-refractivity contribution is 7.88. The fraction of sp³-hybridized carbons (Fsp3) is 0.458. The van der Waals surface area contributed by atoms with Crippen molar-refractivity contribution in [3.63, 3.8) is 0 Å². The number of imidazole rings is 1. The summed E-state index contributed by atoms with van der Waals surface area (Å²) < 4.78 is 34.0. The number of morpholine rings is 1. The summed E-state index contributed by atoms with van der Waals surface area (Å²) in [4.78, 5) is 20.6. The first-order valence-corrected chi connectivity index (χ1v) is 14.8. The molecule has 0 amide bonds. The van der Waals surface area contributed by atoms with Gasteiger partial charge in [0.1, 0.15) is 5.82 Å². The second-order valence-corrected chi connectivity index (χ2v) is 12.4. The zero-order valence-electron chi connectivity index (χ0n) is 20.4. The number of hydrogen-bond donors (Lipinski definition) is 0. The van der Waals surface area contributed by atoms with Crippen molar-refractivity contribution in [2.24, 2.45) is 0 Å². The van der Waals surface area contributed by atoms with Crippen LogP contribution in [0.15, 0.2) is 30.3 Å². The zero-order chi connectivity index (χ0) is 24.9. The lowest BCUT2D eigenvalue weighted by molar-refractivity contribution is 0.122. The number of anilines is 1. The Bertz CT molecular complexity index is 1520. The van der Waals surface area contributed by atoms with Gasteiger partial charge in [-0.2, -0.15) is 9.29 Å². The number of sulfonamides is 1. The summed E-state index contributed by atoms with van der Waals surface area (Å²) in [5, 5.41) is 0. The third kappa shape index (κ3) is 4.48. The molecule has 0 N–H and O–H groups in total. The number of ether oxygens (including phenoxy) is 1. The van der Waals surface area contributed by atoms with Gasteiger partial charge in [0.25, 0.3) is 0 Å². The molecule has 2 saturated heterocycles. The van der Waals surface area contributed by atoms with Crippen molar-refractivity contribution < 1.29 is 13.2 Å². The lowest BCUT2D eigenvalue weighted by Crippen LogP contribution is -2.47. The first-order chi connectivity index (χ1) is 17.4. The molecule has 3 aromatic heterocycles. The highest BCUT2D eigenvalue weighted by atomic mass is 32.2. The normalized spacial score (nSPS) is 18.4. The van der Waals surface area contributed by atoms with Crippen molar-refractivity contribution in [3.8, 4) is 5.95 Å². The molecule has 36 heavy (non-hydrogen) atoms. The first-order valence-electron chi connectivity index (χ1n) is 12.1. The summed E-state index contributed by atoms with van der Waals surface area (Å²) in [6.45, 7) is 8.17. The SMILES string of the molecule is Cc1nc2ccccc2n1-c1nc(N2CCOCC2)c2sc(CN3CCN(S(C)(=O)=O)CC3)cc2n1. The minimum atomic E-state index is -3.14. The molecule has 0 unspecified atom stereocenters. The van der Waals surface area contributed by atoms with Crippen LogP contribution in [0.4, 0.5) is 5.82 Å². The van der Waals surface area contributed by atoms with Gasteiger partial charge in [-0.25, -0.2) is 18.4 Å². The monoisotopic (exact) mass is 527 g/mol. The fourth-order valence-corrected chi connectivity index (χ4v) is 6.94. The molecule has 0 spiro atoms. The Kier molecular flexibility index (Phi) is 6.16. The standard InChI is InChI=1S/C24H29N7O3S2/c1-17-25-19-5-3-4-6-21(19)31(17)24-26-20-15-18(16-28-7-9-30(10-8-28)36(2,32)33)35-22(20)23(27-24)29-11-13-34-14-12-29/h3-6,15H,7-14,16H2,1-2H3. The molecular formula is C24H29N7O3S2. The molecule has 190 valence electrons. The molecule has 0 aliphatic carbocycles. The molecule has 12 heteroatoms. The minimum absolute atomic E-state index is 0.527. The van der Waals surface area contributed by atoms with Crippen LogP contribution in [0.2, 0.25) is 0 Å². The molecule has 0 atom stereocenters. The number of para-hydroxylation sites is 2. The number of aromatic nitrogens is 4. The maximum Gasteiger partial charge on any atom is 0.238 e. The number of piperazine rings is 1. The number of benzene rings is 1. The van der Waals surface area contributed by atoms with Crippen molar-refractivity contribution in [1.29, 1.82) is 0 Å². The number of nitrogens with zero attached hydrogens (tertiary/aromatic N) is 7. The number of fused-ring (bicyclic) bond motifs is 2. The Morgan fingerprint density at radius 2 is 1.72 bits per heavy atom. The number of rotatable bonds is 5. The van der Waals surface area contributed by atoms with E-state index in [0.717, 1.165) is 65.6 Å². The molecule has 2 fully saturated rings.